The van der Waals surface area contributed by atoms with Gasteiger partial charge in [-0.05, 0) is 31.4 Å². The number of methoxy groups -OCH3 is 2. The van der Waals surface area contributed by atoms with Crippen LogP contribution in [-0.4, -0.2) is 38.3 Å². The van der Waals surface area contributed by atoms with Crippen molar-refractivity contribution in [2.45, 2.75) is 56.8 Å². The van der Waals surface area contributed by atoms with Crippen LogP contribution in [0.1, 0.15) is 48.0 Å². The summed E-state index contributed by atoms with van der Waals surface area (Å²) in [6.45, 7) is 1.09. The van der Waals surface area contributed by atoms with Crippen molar-refractivity contribution in [2.24, 2.45) is 0 Å². The van der Waals surface area contributed by atoms with E-state index < -0.39 is 0 Å². The van der Waals surface area contributed by atoms with Crippen LogP contribution in [0.5, 0.6) is 11.5 Å². The number of carbonyl (C=O) groups is 1. The summed E-state index contributed by atoms with van der Waals surface area (Å²) in [6.07, 6.45) is 5.89. The highest BCUT2D eigenvalue weighted by molar-refractivity contribution is 5.97. The normalized spacial score (nSPS) is 25.9. The molecular formula is C24H31N2O3+. The van der Waals surface area contributed by atoms with Crippen LogP contribution in [0, 0.1) is 0 Å². The number of benzene rings is 2. The lowest BCUT2D eigenvalue weighted by Crippen LogP contribution is -3.20. The van der Waals surface area contributed by atoms with Gasteiger partial charge in [0.25, 0.3) is 5.91 Å². The second kappa shape index (κ2) is 8.87. The van der Waals surface area contributed by atoms with Crippen molar-refractivity contribution < 1.29 is 19.2 Å². The van der Waals surface area contributed by atoms with Gasteiger partial charge in [0.05, 0.1) is 31.9 Å². The first kappa shape index (κ1) is 19.8. The summed E-state index contributed by atoms with van der Waals surface area (Å²) < 4.78 is 10.6. The Labute approximate surface area is 173 Å². The molecule has 4 atom stereocenters. The van der Waals surface area contributed by atoms with E-state index in [1.165, 1.54) is 24.8 Å². The van der Waals surface area contributed by atoms with Gasteiger partial charge in [-0.1, -0.05) is 30.3 Å². The number of piperidine rings is 2. The summed E-state index contributed by atoms with van der Waals surface area (Å²) in [5.41, 5.74) is 1.97. The van der Waals surface area contributed by atoms with E-state index in [0.717, 1.165) is 19.4 Å². The van der Waals surface area contributed by atoms with Crippen LogP contribution in [-0.2, 0) is 6.54 Å². The largest absolute Gasteiger partial charge is 0.497 e. The van der Waals surface area contributed by atoms with E-state index in [1.807, 2.05) is 0 Å². The fourth-order valence-electron chi connectivity index (χ4n) is 5.12. The maximum atomic E-state index is 12.9. The molecule has 29 heavy (non-hydrogen) atoms. The Morgan fingerprint density at radius 2 is 1.76 bits per heavy atom. The third-order valence-electron chi connectivity index (χ3n) is 6.53. The Kier molecular flexibility index (Phi) is 6.05. The number of ether oxygens (including phenoxy) is 2. The molecule has 2 bridgehead atoms. The van der Waals surface area contributed by atoms with E-state index in [4.69, 9.17) is 9.47 Å². The first-order valence-electron chi connectivity index (χ1n) is 10.6. The van der Waals surface area contributed by atoms with Gasteiger partial charge in [-0.2, -0.15) is 0 Å². The molecular weight excluding hydrogens is 364 g/mol. The third-order valence-corrected chi connectivity index (χ3v) is 6.53. The van der Waals surface area contributed by atoms with E-state index >= 15 is 0 Å². The van der Waals surface area contributed by atoms with Crippen molar-refractivity contribution in [1.29, 1.82) is 0 Å². The molecule has 0 spiro atoms. The predicted molar refractivity (Wildman–Crippen MR) is 113 cm³/mol. The summed E-state index contributed by atoms with van der Waals surface area (Å²) in [5.74, 6) is 1.18. The van der Waals surface area contributed by atoms with E-state index in [1.54, 1.807) is 37.3 Å². The highest BCUT2D eigenvalue weighted by Gasteiger charge is 2.42. The van der Waals surface area contributed by atoms with E-state index in [-0.39, 0.29) is 11.9 Å². The molecule has 2 aliphatic rings. The Bertz CT molecular complexity index is 825. The van der Waals surface area contributed by atoms with Gasteiger partial charge in [0.15, 0.2) is 0 Å². The number of hydrogen-bond acceptors (Lipinski definition) is 3. The molecule has 0 aliphatic carbocycles. The molecule has 2 heterocycles. The first-order chi connectivity index (χ1) is 14.2. The Morgan fingerprint density at radius 1 is 1.03 bits per heavy atom. The monoisotopic (exact) mass is 395 g/mol. The van der Waals surface area contributed by atoms with Crippen LogP contribution in [0.4, 0.5) is 0 Å². The standard InChI is InChI=1S/C24H30N2O3/c1-28-21-11-12-22(23(15-21)29-2)24(27)25-18-13-19-9-6-10-20(14-18)26(19)16-17-7-4-3-5-8-17/h3-5,7-8,11-12,15,18-20H,6,9-10,13-14,16H2,1-2H3,(H,25,27)/p+1/t18?,19-,20+. The third kappa shape index (κ3) is 4.40. The van der Waals surface area contributed by atoms with Crippen molar-refractivity contribution in [2.75, 3.05) is 14.2 Å². The molecule has 5 heteroatoms. The Morgan fingerprint density at radius 3 is 2.41 bits per heavy atom. The fraction of sp³-hybridized carbons (Fsp3) is 0.458. The van der Waals surface area contributed by atoms with Gasteiger partial charge in [-0.25, -0.2) is 0 Å². The zero-order valence-electron chi connectivity index (χ0n) is 17.3. The van der Waals surface area contributed by atoms with Gasteiger partial charge < -0.3 is 19.7 Å². The number of amides is 1. The lowest BCUT2D eigenvalue weighted by atomic mass is 9.81. The van der Waals surface area contributed by atoms with E-state index in [9.17, 15) is 4.79 Å². The lowest BCUT2D eigenvalue weighted by Gasteiger charge is -2.46. The zero-order valence-corrected chi connectivity index (χ0v) is 17.3. The SMILES string of the molecule is COc1ccc(C(=O)NC2C[C@H]3CCC[C@@H](C2)[NH+]3Cc2ccccc2)c(OC)c1. The fourth-order valence-corrected chi connectivity index (χ4v) is 5.12. The highest BCUT2D eigenvalue weighted by atomic mass is 16.5. The molecule has 4 rings (SSSR count). The number of carbonyl (C=O) groups excluding carboxylic acids is 1. The van der Waals surface area contributed by atoms with Crippen molar-refractivity contribution in [3.8, 4) is 11.5 Å². The molecule has 2 N–H and O–H groups in total. The molecule has 0 saturated carbocycles. The highest BCUT2D eigenvalue weighted by Crippen LogP contribution is 2.26. The number of fused-ring (bicyclic) bond motifs is 2. The summed E-state index contributed by atoms with van der Waals surface area (Å²) in [6, 6.07) is 17.6. The van der Waals surface area contributed by atoms with Crippen LogP contribution in [0.3, 0.4) is 0 Å². The molecule has 0 radical (unpaired) electrons. The molecule has 154 valence electrons. The average molecular weight is 396 g/mol. The van der Waals surface area contributed by atoms with Crippen molar-refractivity contribution in [1.82, 2.24) is 5.32 Å². The average Bonchev–Trinajstić information content (AvgIpc) is 2.74. The molecule has 5 nitrogen and oxygen atoms in total. The minimum Gasteiger partial charge on any atom is -0.497 e. The number of nitrogens with one attached hydrogen (secondary N) is 2. The van der Waals surface area contributed by atoms with Gasteiger partial charge in [-0.3, -0.25) is 4.79 Å². The number of quaternary nitrogens is 1. The predicted octanol–water partition coefficient (Wildman–Crippen LogP) is 2.60. The maximum absolute atomic E-state index is 12.9. The number of rotatable bonds is 6. The Hall–Kier alpha value is -2.53. The maximum Gasteiger partial charge on any atom is 0.255 e. The van der Waals surface area contributed by atoms with Crippen LogP contribution in [0.15, 0.2) is 48.5 Å². The molecule has 2 saturated heterocycles. The lowest BCUT2D eigenvalue weighted by molar-refractivity contribution is -0.973. The van der Waals surface area contributed by atoms with Crippen molar-refractivity contribution >= 4 is 5.91 Å². The van der Waals surface area contributed by atoms with Crippen LogP contribution in [0.2, 0.25) is 0 Å². The molecule has 1 amide bonds. The molecule has 2 aliphatic heterocycles. The Balaban J connectivity index is 1.43. The second-order valence-corrected chi connectivity index (χ2v) is 8.27. The van der Waals surface area contributed by atoms with Gasteiger partial charge in [-0.15, -0.1) is 0 Å². The first-order valence-corrected chi connectivity index (χ1v) is 10.6. The minimum atomic E-state index is -0.0564. The zero-order chi connectivity index (χ0) is 20.2. The van der Waals surface area contributed by atoms with Crippen molar-refractivity contribution in [3.63, 3.8) is 0 Å². The van der Waals surface area contributed by atoms with E-state index in [0.29, 0.717) is 29.1 Å². The van der Waals surface area contributed by atoms with Crippen molar-refractivity contribution in [3.05, 3.63) is 59.7 Å². The summed E-state index contributed by atoms with van der Waals surface area (Å²) in [5, 5.41) is 3.29. The van der Waals surface area contributed by atoms with E-state index in [2.05, 4.69) is 35.6 Å². The topological polar surface area (TPSA) is 52.0 Å². The van der Waals surface area contributed by atoms with Crippen LogP contribution >= 0.6 is 0 Å². The summed E-state index contributed by atoms with van der Waals surface area (Å²) in [4.78, 5) is 14.6. The molecule has 2 fully saturated rings. The molecule has 2 aromatic carbocycles. The van der Waals surface area contributed by atoms with Gasteiger partial charge in [0.1, 0.15) is 18.0 Å². The summed E-state index contributed by atoms with van der Waals surface area (Å²) in [7, 11) is 3.19. The van der Waals surface area contributed by atoms with Crippen LogP contribution in [0.25, 0.3) is 0 Å². The molecule has 0 aromatic heterocycles. The minimum absolute atomic E-state index is 0.0564. The van der Waals surface area contributed by atoms with Crippen LogP contribution < -0.4 is 19.7 Å². The van der Waals surface area contributed by atoms with Gasteiger partial charge in [0, 0.05) is 30.5 Å². The second-order valence-electron chi connectivity index (χ2n) is 8.27. The van der Waals surface area contributed by atoms with Gasteiger partial charge >= 0.3 is 0 Å². The smallest absolute Gasteiger partial charge is 0.255 e. The molecule has 2 aromatic rings. The number of hydrogen-bond donors (Lipinski definition) is 2. The molecule has 2 unspecified atom stereocenters. The summed E-state index contributed by atoms with van der Waals surface area (Å²) >= 11 is 0. The quantitative estimate of drug-likeness (QED) is 0.791. The van der Waals surface area contributed by atoms with Gasteiger partial charge in [0.2, 0.25) is 0 Å².